The van der Waals surface area contributed by atoms with Crippen LogP contribution in [-0.2, 0) is 4.79 Å². The van der Waals surface area contributed by atoms with Gasteiger partial charge >= 0.3 is 6.03 Å². The van der Waals surface area contributed by atoms with Crippen LogP contribution in [0.5, 0.6) is 0 Å². The Morgan fingerprint density at radius 2 is 2.15 bits per heavy atom. The van der Waals surface area contributed by atoms with Gasteiger partial charge in [-0.1, -0.05) is 6.42 Å². The summed E-state index contributed by atoms with van der Waals surface area (Å²) >= 11 is 0. The molecule has 3 amide bonds. The summed E-state index contributed by atoms with van der Waals surface area (Å²) in [6.07, 6.45) is 2.98. The number of nitrogens with zero attached hydrogens (tertiary/aromatic N) is 1. The van der Waals surface area contributed by atoms with Crippen LogP contribution in [0.3, 0.4) is 0 Å². The van der Waals surface area contributed by atoms with Gasteiger partial charge in [0.1, 0.15) is 0 Å². The zero-order chi connectivity index (χ0) is 9.47. The summed E-state index contributed by atoms with van der Waals surface area (Å²) in [5, 5.41) is 2.77. The summed E-state index contributed by atoms with van der Waals surface area (Å²) in [5.74, 6) is 0.0324. The summed E-state index contributed by atoms with van der Waals surface area (Å²) in [6.45, 7) is 2.85. The highest BCUT2D eigenvalue weighted by Gasteiger charge is 2.50. The molecular formula is C9H14N2O2. The van der Waals surface area contributed by atoms with Crippen LogP contribution >= 0.6 is 0 Å². The Morgan fingerprint density at radius 1 is 1.46 bits per heavy atom. The van der Waals surface area contributed by atoms with E-state index >= 15 is 0 Å². The lowest BCUT2D eigenvalue weighted by Gasteiger charge is -2.46. The van der Waals surface area contributed by atoms with Gasteiger partial charge < -0.3 is 5.32 Å². The summed E-state index contributed by atoms with van der Waals surface area (Å²) in [4.78, 5) is 24.4. The third kappa shape index (κ3) is 1.04. The lowest BCUT2D eigenvalue weighted by atomic mass is 9.67. The zero-order valence-electron chi connectivity index (χ0n) is 7.80. The smallest absolute Gasteiger partial charge is 0.324 e. The van der Waals surface area contributed by atoms with Crippen molar-refractivity contribution in [1.82, 2.24) is 10.2 Å². The summed E-state index contributed by atoms with van der Waals surface area (Å²) in [7, 11) is 0. The van der Waals surface area contributed by atoms with E-state index in [0.717, 1.165) is 19.3 Å². The van der Waals surface area contributed by atoms with Gasteiger partial charge in [-0.2, -0.15) is 0 Å². The van der Waals surface area contributed by atoms with E-state index in [4.69, 9.17) is 0 Å². The molecule has 0 bridgehead atoms. The van der Waals surface area contributed by atoms with E-state index in [9.17, 15) is 9.59 Å². The molecule has 4 heteroatoms. The van der Waals surface area contributed by atoms with Crippen molar-refractivity contribution in [2.24, 2.45) is 5.41 Å². The van der Waals surface area contributed by atoms with E-state index in [1.54, 1.807) is 0 Å². The number of rotatable bonds is 1. The molecule has 1 N–H and O–H groups in total. The number of hydrogen-bond acceptors (Lipinski definition) is 2. The normalized spacial score (nSPS) is 25.8. The fourth-order valence-electron chi connectivity index (χ4n) is 2.08. The number of nitrogens with one attached hydrogen (secondary N) is 1. The maximum atomic E-state index is 11.8. The molecule has 0 radical (unpaired) electrons. The molecule has 2 aliphatic rings. The Balaban J connectivity index is 2.19. The molecular weight excluding hydrogens is 168 g/mol. The maximum Gasteiger partial charge on any atom is 0.324 e. The number of carbonyl (C=O) groups is 2. The van der Waals surface area contributed by atoms with E-state index in [0.29, 0.717) is 13.1 Å². The van der Waals surface area contributed by atoms with E-state index in [-0.39, 0.29) is 17.4 Å². The van der Waals surface area contributed by atoms with Gasteiger partial charge in [0.25, 0.3) is 0 Å². The summed E-state index contributed by atoms with van der Waals surface area (Å²) in [6, 6.07) is -0.231. The summed E-state index contributed by atoms with van der Waals surface area (Å²) in [5.41, 5.74) is -0.232. The van der Waals surface area contributed by atoms with Crippen LogP contribution in [0, 0.1) is 5.41 Å². The Hall–Kier alpha value is -1.06. The molecule has 2 rings (SSSR count). The van der Waals surface area contributed by atoms with Gasteiger partial charge in [0, 0.05) is 13.1 Å². The second kappa shape index (κ2) is 2.72. The highest BCUT2D eigenvalue weighted by Crippen LogP contribution is 2.43. The minimum atomic E-state index is -0.232. The molecule has 1 heterocycles. The predicted molar refractivity (Wildman–Crippen MR) is 47.1 cm³/mol. The first-order valence-electron chi connectivity index (χ1n) is 4.79. The molecule has 0 aromatic heterocycles. The molecule has 0 aromatic carbocycles. The molecule has 1 spiro atoms. The highest BCUT2D eigenvalue weighted by atomic mass is 16.2. The number of amides is 3. The standard InChI is InChI=1S/C9H14N2O2/c1-2-11-7(12)9(4-3-5-9)6-10-8(11)13/h2-6H2,1H3,(H,10,13). The summed E-state index contributed by atoms with van der Waals surface area (Å²) < 4.78 is 0. The van der Waals surface area contributed by atoms with Crippen LogP contribution in [-0.4, -0.2) is 29.9 Å². The third-order valence-electron chi connectivity index (χ3n) is 3.15. The molecule has 0 unspecified atom stereocenters. The van der Waals surface area contributed by atoms with E-state index < -0.39 is 0 Å². The first-order chi connectivity index (χ1) is 6.19. The molecule has 1 saturated carbocycles. The fourth-order valence-corrected chi connectivity index (χ4v) is 2.08. The lowest BCUT2D eigenvalue weighted by molar-refractivity contribution is -0.145. The van der Waals surface area contributed by atoms with Gasteiger partial charge in [-0.05, 0) is 19.8 Å². The van der Waals surface area contributed by atoms with Crippen molar-refractivity contribution in [3.63, 3.8) is 0 Å². The van der Waals surface area contributed by atoms with Gasteiger partial charge in [0.2, 0.25) is 5.91 Å². The first-order valence-corrected chi connectivity index (χ1v) is 4.79. The number of carbonyl (C=O) groups excluding carboxylic acids is 2. The molecule has 1 saturated heterocycles. The monoisotopic (exact) mass is 182 g/mol. The van der Waals surface area contributed by atoms with Crippen LogP contribution in [0.4, 0.5) is 4.79 Å². The number of hydrogen-bond donors (Lipinski definition) is 1. The number of imide groups is 1. The maximum absolute atomic E-state index is 11.8. The van der Waals surface area contributed by atoms with Gasteiger partial charge in [-0.15, -0.1) is 0 Å². The van der Waals surface area contributed by atoms with Gasteiger partial charge in [0.05, 0.1) is 5.41 Å². The van der Waals surface area contributed by atoms with Crippen LogP contribution in [0.15, 0.2) is 0 Å². The van der Waals surface area contributed by atoms with Gasteiger partial charge in [-0.3, -0.25) is 9.69 Å². The second-order valence-corrected chi connectivity index (χ2v) is 3.84. The molecule has 0 atom stereocenters. The molecule has 0 aromatic rings. The van der Waals surface area contributed by atoms with Crippen molar-refractivity contribution in [3.8, 4) is 0 Å². The van der Waals surface area contributed by atoms with Crippen molar-refractivity contribution >= 4 is 11.9 Å². The van der Waals surface area contributed by atoms with Crippen molar-refractivity contribution in [1.29, 1.82) is 0 Å². The van der Waals surface area contributed by atoms with E-state index in [1.165, 1.54) is 4.90 Å². The predicted octanol–water partition coefficient (Wildman–Crippen LogP) is 0.728. The molecule has 1 aliphatic heterocycles. The van der Waals surface area contributed by atoms with E-state index in [1.807, 2.05) is 6.92 Å². The van der Waals surface area contributed by atoms with E-state index in [2.05, 4.69) is 5.32 Å². The average molecular weight is 182 g/mol. The number of urea groups is 1. The van der Waals surface area contributed by atoms with Crippen molar-refractivity contribution in [2.75, 3.05) is 13.1 Å². The zero-order valence-corrected chi connectivity index (χ0v) is 7.80. The van der Waals surface area contributed by atoms with Gasteiger partial charge in [-0.25, -0.2) is 4.79 Å². The molecule has 13 heavy (non-hydrogen) atoms. The Labute approximate surface area is 77.3 Å². The molecule has 2 fully saturated rings. The minimum absolute atomic E-state index is 0.0324. The Kier molecular flexibility index (Phi) is 1.78. The van der Waals surface area contributed by atoms with Crippen molar-refractivity contribution < 1.29 is 9.59 Å². The Bertz CT molecular complexity index is 258. The van der Waals surface area contributed by atoms with Crippen molar-refractivity contribution in [3.05, 3.63) is 0 Å². The SMILES string of the molecule is CCN1C(=O)NCC2(CCC2)C1=O. The quantitative estimate of drug-likeness (QED) is 0.650. The third-order valence-corrected chi connectivity index (χ3v) is 3.15. The van der Waals surface area contributed by atoms with Crippen LogP contribution in [0.2, 0.25) is 0 Å². The van der Waals surface area contributed by atoms with Crippen LogP contribution in [0.1, 0.15) is 26.2 Å². The van der Waals surface area contributed by atoms with Crippen LogP contribution in [0.25, 0.3) is 0 Å². The Morgan fingerprint density at radius 3 is 2.62 bits per heavy atom. The highest BCUT2D eigenvalue weighted by molar-refractivity contribution is 6.00. The first kappa shape index (κ1) is 8.53. The molecule has 1 aliphatic carbocycles. The average Bonchev–Trinajstić information content (AvgIpc) is 2.02. The van der Waals surface area contributed by atoms with Crippen LogP contribution < -0.4 is 5.32 Å². The second-order valence-electron chi connectivity index (χ2n) is 3.84. The minimum Gasteiger partial charge on any atom is -0.337 e. The topological polar surface area (TPSA) is 49.4 Å². The molecule has 4 nitrogen and oxygen atoms in total. The van der Waals surface area contributed by atoms with Crippen molar-refractivity contribution in [2.45, 2.75) is 26.2 Å². The van der Waals surface area contributed by atoms with Gasteiger partial charge in [0.15, 0.2) is 0 Å². The fraction of sp³-hybridized carbons (Fsp3) is 0.778. The largest absolute Gasteiger partial charge is 0.337 e. The lowest BCUT2D eigenvalue weighted by Crippen LogP contribution is -2.62. The molecule has 72 valence electrons.